The Balaban J connectivity index is 2.29. The van der Waals surface area contributed by atoms with Crippen LogP contribution in [0.25, 0.3) is 0 Å². The molecule has 0 fully saturated rings. The number of para-hydroxylation sites is 1. The Morgan fingerprint density at radius 3 is 2.52 bits per heavy atom. The third-order valence-electron chi connectivity index (χ3n) is 3.25. The van der Waals surface area contributed by atoms with Crippen LogP contribution in [0.5, 0.6) is 5.75 Å². The normalized spacial score (nSPS) is 9.95. The molecule has 108 valence electrons. The molecule has 4 heteroatoms. The van der Waals surface area contributed by atoms with Crippen LogP contribution in [0.1, 0.15) is 18.9 Å². The van der Waals surface area contributed by atoms with Crippen LogP contribution in [0.2, 0.25) is 0 Å². The van der Waals surface area contributed by atoms with Crippen molar-refractivity contribution in [2.24, 2.45) is 0 Å². The van der Waals surface area contributed by atoms with Crippen molar-refractivity contribution in [1.82, 2.24) is 0 Å². The van der Waals surface area contributed by atoms with Crippen molar-refractivity contribution in [2.45, 2.75) is 13.3 Å². The number of hydrogen-bond donors (Lipinski definition) is 1. The molecule has 0 amide bonds. The molecular weight excluding hydrogens is 262 g/mol. The van der Waals surface area contributed by atoms with Crippen molar-refractivity contribution in [1.29, 1.82) is 5.26 Å². The fourth-order valence-electron chi connectivity index (χ4n) is 2.06. The first-order chi connectivity index (χ1) is 10.2. The average molecular weight is 281 g/mol. The lowest BCUT2D eigenvalue weighted by atomic mass is 10.2. The van der Waals surface area contributed by atoms with Gasteiger partial charge >= 0.3 is 0 Å². The monoisotopic (exact) mass is 281 g/mol. The SMILES string of the molecule is CCCOc1cccc(N(C)c2ccc(C#N)cc2)c1N. The lowest BCUT2D eigenvalue weighted by Gasteiger charge is -2.22. The van der Waals surface area contributed by atoms with Gasteiger partial charge in [0.2, 0.25) is 0 Å². The molecule has 21 heavy (non-hydrogen) atoms. The van der Waals surface area contributed by atoms with E-state index >= 15 is 0 Å². The first-order valence-electron chi connectivity index (χ1n) is 6.92. The second-order valence-electron chi connectivity index (χ2n) is 4.76. The highest BCUT2D eigenvalue weighted by molar-refractivity contribution is 5.78. The van der Waals surface area contributed by atoms with Gasteiger partial charge in [0.15, 0.2) is 0 Å². The van der Waals surface area contributed by atoms with Crippen molar-refractivity contribution in [3.63, 3.8) is 0 Å². The number of anilines is 3. The molecule has 2 aromatic rings. The minimum absolute atomic E-state index is 0.623. The van der Waals surface area contributed by atoms with Crippen LogP contribution in [-0.2, 0) is 0 Å². The van der Waals surface area contributed by atoms with Crippen molar-refractivity contribution in [2.75, 3.05) is 24.3 Å². The van der Waals surface area contributed by atoms with E-state index in [9.17, 15) is 0 Å². The summed E-state index contributed by atoms with van der Waals surface area (Å²) in [5.74, 6) is 0.704. The summed E-state index contributed by atoms with van der Waals surface area (Å²) in [7, 11) is 1.94. The van der Waals surface area contributed by atoms with E-state index in [2.05, 4.69) is 13.0 Å². The van der Waals surface area contributed by atoms with Gasteiger partial charge in [0.05, 0.1) is 29.6 Å². The minimum atomic E-state index is 0.623. The highest BCUT2D eigenvalue weighted by Gasteiger charge is 2.11. The summed E-state index contributed by atoms with van der Waals surface area (Å²) in [5, 5.41) is 8.85. The number of nitriles is 1. The van der Waals surface area contributed by atoms with Gasteiger partial charge in [0.25, 0.3) is 0 Å². The van der Waals surface area contributed by atoms with Crippen LogP contribution in [0, 0.1) is 11.3 Å². The summed E-state index contributed by atoms with van der Waals surface area (Å²) in [6, 6.07) is 15.3. The van der Waals surface area contributed by atoms with E-state index < -0.39 is 0 Å². The van der Waals surface area contributed by atoms with E-state index in [-0.39, 0.29) is 0 Å². The summed E-state index contributed by atoms with van der Waals surface area (Å²) >= 11 is 0. The molecule has 0 unspecified atom stereocenters. The van der Waals surface area contributed by atoms with Crippen molar-refractivity contribution in [3.05, 3.63) is 48.0 Å². The number of hydrogen-bond acceptors (Lipinski definition) is 4. The Bertz CT molecular complexity index is 644. The van der Waals surface area contributed by atoms with Gasteiger partial charge in [-0.25, -0.2) is 0 Å². The lowest BCUT2D eigenvalue weighted by molar-refractivity contribution is 0.319. The fourth-order valence-corrected chi connectivity index (χ4v) is 2.06. The Labute approximate surface area is 125 Å². The molecule has 0 aromatic heterocycles. The molecule has 0 aliphatic carbocycles. The van der Waals surface area contributed by atoms with Gasteiger partial charge in [-0.15, -0.1) is 0 Å². The molecule has 0 bridgehead atoms. The van der Waals surface area contributed by atoms with Gasteiger partial charge in [-0.3, -0.25) is 0 Å². The first kappa shape index (κ1) is 14.7. The van der Waals surface area contributed by atoms with E-state index in [0.29, 0.717) is 23.6 Å². The smallest absolute Gasteiger partial charge is 0.144 e. The molecule has 2 rings (SSSR count). The maximum absolute atomic E-state index is 8.85. The zero-order chi connectivity index (χ0) is 15.2. The van der Waals surface area contributed by atoms with E-state index in [1.807, 2.05) is 42.3 Å². The average Bonchev–Trinajstić information content (AvgIpc) is 2.53. The molecular formula is C17H19N3O. The zero-order valence-corrected chi connectivity index (χ0v) is 12.3. The van der Waals surface area contributed by atoms with Crippen LogP contribution in [0.3, 0.4) is 0 Å². The molecule has 2 N–H and O–H groups in total. The summed E-state index contributed by atoms with van der Waals surface area (Å²) < 4.78 is 5.65. The van der Waals surface area contributed by atoms with Gasteiger partial charge in [-0.2, -0.15) is 5.26 Å². The number of ether oxygens (including phenoxy) is 1. The molecule has 0 saturated heterocycles. The molecule has 0 saturated carbocycles. The van der Waals surface area contributed by atoms with Crippen molar-refractivity contribution < 1.29 is 4.74 Å². The summed E-state index contributed by atoms with van der Waals surface area (Å²) in [4.78, 5) is 1.98. The molecule has 0 radical (unpaired) electrons. The lowest BCUT2D eigenvalue weighted by Crippen LogP contribution is -2.12. The first-order valence-corrected chi connectivity index (χ1v) is 6.92. The molecule has 0 aliphatic heterocycles. The van der Waals surface area contributed by atoms with Gasteiger partial charge in [-0.1, -0.05) is 13.0 Å². The Hall–Kier alpha value is -2.67. The standard InChI is InChI=1S/C17H19N3O/c1-3-11-21-16-6-4-5-15(17(16)19)20(2)14-9-7-13(12-18)8-10-14/h4-10H,3,11,19H2,1-2H3. The van der Waals surface area contributed by atoms with E-state index in [1.54, 1.807) is 12.1 Å². The van der Waals surface area contributed by atoms with Crippen LogP contribution in [-0.4, -0.2) is 13.7 Å². The van der Waals surface area contributed by atoms with Crippen LogP contribution >= 0.6 is 0 Å². The Morgan fingerprint density at radius 2 is 1.90 bits per heavy atom. The van der Waals surface area contributed by atoms with Gasteiger partial charge < -0.3 is 15.4 Å². The van der Waals surface area contributed by atoms with E-state index in [4.69, 9.17) is 15.7 Å². The Morgan fingerprint density at radius 1 is 1.19 bits per heavy atom. The molecule has 0 heterocycles. The van der Waals surface area contributed by atoms with Crippen LogP contribution < -0.4 is 15.4 Å². The number of nitrogen functional groups attached to an aromatic ring is 1. The molecule has 0 aliphatic rings. The highest BCUT2D eigenvalue weighted by Crippen LogP contribution is 2.35. The quantitative estimate of drug-likeness (QED) is 0.849. The second-order valence-corrected chi connectivity index (χ2v) is 4.76. The third kappa shape index (κ3) is 3.26. The minimum Gasteiger partial charge on any atom is -0.491 e. The highest BCUT2D eigenvalue weighted by atomic mass is 16.5. The third-order valence-corrected chi connectivity index (χ3v) is 3.25. The molecule has 4 nitrogen and oxygen atoms in total. The summed E-state index contributed by atoms with van der Waals surface area (Å²) in [6.07, 6.45) is 0.940. The van der Waals surface area contributed by atoms with Crippen molar-refractivity contribution in [3.8, 4) is 11.8 Å². The maximum atomic E-state index is 8.85. The molecule has 0 spiro atoms. The number of nitrogens with two attached hydrogens (primary N) is 1. The maximum Gasteiger partial charge on any atom is 0.144 e. The van der Waals surface area contributed by atoms with Crippen LogP contribution in [0.15, 0.2) is 42.5 Å². The number of nitrogens with zero attached hydrogens (tertiary/aromatic N) is 2. The zero-order valence-electron chi connectivity index (χ0n) is 12.3. The van der Waals surface area contributed by atoms with E-state index in [1.165, 1.54) is 0 Å². The molecule has 2 aromatic carbocycles. The Kier molecular flexibility index (Phi) is 4.68. The number of benzene rings is 2. The van der Waals surface area contributed by atoms with E-state index in [0.717, 1.165) is 17.8 Å². The van der Waals surface area contributed by atoms with Gasteiger partial charge in [0, 0.05) is 12.7 Å². The van der Waals surface area contributed by atoms with Crippen LogP contribution in [0.4, 0.5) is 17.1 Å². The van der Waals surface area contributed by atoms with Gasteiger partial charge in [-0.05, 0) is 42.8 Å². The summed E-state index contributed by atoms with van der Waals surface area (Å²) in [5.41, 5.74) is 9.31. The largest absolute Gasteiger partial charge is 0.491 e. The van der Waals surface area contributed by atoms with Crippen molar-refractivity contribution >= 4 is 17.1 Å². The number of rotatable bonds is 5. The molecule has 0 atom stereocenters. The van der Waals surface area contributed by atoms with Gasteiger partial charge in [0.1, 0.15) is 5.75 Å². The predicted octanol–water partition coefficient (Wildman–Crippen LogP) is 3.70. The topological polar surface area (TPSA) is 62.3 Å². The fraction of sp³-hybridized carbons (Fsp3) is 0.235. The second kappa shape index (κ2) is 6.67. The predicted molar refractivity (Wildman–Crippen MR) is 85.9 cm³/mol. The summed E-state index contributed by atoms with van der Waals surface area (Å²) in [6.45, 7) is 2.71.